The molecule has 0 aromatic heterocycles. The first-order chi connectivity index (χ1) is 12.0. The highest BCUT2D eigenvalue weighted by atomic mass is 32.2. The minimum Gasteiger partial charge on any atom is -0.303 e. The van der Waals surface area contributed by atoms with Gasteiger partial charge in [0.2, 0.25) is 0 Å². The Bertz CT molecular complexity index is 724. The van der Waals surface area contributed by atoms with Gasteiger partial charge in [0, 0.05) is 22.8 Å². The van der Waals surface area contributed by atoms with E-state index in [0.717, 1.165) is 38.5 Å². The van der Waals surface area contributed by atoms with Gasteiger partial charge in [-0.2, -0.15) is 0 Å². The van der Waals surface area contributed by atoms with E-state index in [1.165, 1.54) is 22.1 Å². The van der Waals surface area contributed by atoms with Gasteiger partial charge in [0.05, 0.1) is 0 Å². The Morgan fingerprint density at radius 2 is 1.80 bits per heavy atom. The van der Waals surface area contributed by atoms with Crippen molar-refractivity contribution in [1.29, 1.82) is 0 Å². The Balaban J connectivity index is 1.47. The normalized spacial score (nSPS) is 16.3. The van der Waals surface area contributed by atoms with Gasteiger partial charge in [0.15, 0.2) is 0 Å². The number of benzene rings is 2. The standard InChI is InChI=1S/C21H25F2NS/c1-15-3-6-21(16(2)13-15)25-19-8-11-24(12-9-19)10-7-17-4-5-18(22)14-20(17)23/h3-6,13-14,19H,7-12H2,1-2H3. The number of aryl methyl sites for hydroxylation is 2. The molecule has 3 rings (SSSR count). The Kier molecular flexibility index (Phi) is 6.13. The number of likely N-dealkylation sites (tertiary alicyclic amines) is 1. The summed E-state index contributed by atoms with van der Waals surface area (Å²) in [6, 6.07) is 10.5. The third-order valence-corrected chi connectivity index (χ3v) is 6.39. The SMILES string of the molecule is Cc1ccc(SC2CCN(CCc3ccc(F)cc3F)CC2)c(C)c1. The van der Waals surface area contributed by atoms with Gasteiger partial charge in [-0.05, 0) is 69.5 Å². The first kappa shape index (κ1) is 18.4. The van der Waals surface area contributed by atoms with Gasteiger partial charge in [-0.25, -0.2) is 8.78 Å². The second kappa shape index (κ2) is 8.33. The van der Waals surface area contributed by atoms with Gasteiger partial charge in [-0.1, -0.05) is 23.8 Å². The summed E-state index contributed by atoms with van der Waals surface area (Å²) in [5.41, 5.74) is 3.28. The lowest BCUT2D eigenvalue weighted by molar-refractivity contribution is 0.235. The van der Waals surface area contributed by atoms with Crippen LogP contribution in [0.2, 0.25) is 0 Å². The van der Waals surface area contributed by atoms with Crippen molar-refractivity contribution in [2.45, 2.75) is 43.3 Å². The molecule has 0 spiro atoms. The highest BCUT2D eigenvalue weighted by molar-refractivity contribution is 8.00. The van der Waals surface area contributed by atoms with Crippen molar-refractivity contribution in [3.63, 3.8) is 0 Å². The van der Waals surface area contributed by atoms with Crippen molar-refractivity contribution in [3.05, 3.63) is 64.7 Å². The van der Waals surface area contributed by atoms with E-state index in [1.807, 2.05) is 11.8 Å². The Hall–Kier alpha value is -1.39. The van der Waals surface area contributed by atoms with Crippen LogP contribution in [0, 0.1) is 25.5 Å². The zero-order valence-corrected chi connectivity index (χ0v) is 15.7. The van der Waals surface area contributed by atoms with E-state index in [1.54, 1.807) is 6.07 Å². The number of thioether (sulfide) groups is 1. The first-order valence-electron chi connectivity index (χ1n) is 8.91. The Labute approximate surface area is 153 Å². The van der Waals surface area contributed by atoms with Crippen molar-refractivity contribution in [2.24, 2.45) is 0 Å². The quantitative estimate of drug-likeness (QED) is 0.703. The number of rotatable bonds is 5. The average Bonchev–Trinajstić information content (AvgIpc) is 2.58. The third kappa shape index (κ3) is 5.05. The molecule has 0 N–H and O–H groups in total. The first-order valence-corrected chi connectivity index (χ1v) is 9.79. The minimum atomic E-state index is -0.509. The molecule has 2 aromatic rings. The summed E-state index contributed by atoms with van der Waals surface area (Å²) in [5, 5.41) is 0.653. The third-order valence-electron chi connectivity index (χ3n) is 4.87. The van der Waals surface area contributed by atoms with Crippen LogP contribution in [0.4, 0.5) is 8.78 Å². The summed E-state index contributed by atoms with van der Waals surface area (Å²) >= 11 is 1.99. The van der Waals surface area contributed by atoms with Crippen molar-refractivity contribution in [3.8, 4) is 0 Å². The highest BCUT2D eigenvalue weighted by Gasteiger charge is 2.20. The smallest absolute Gasteiger partial charge is 0.129 e. The van der Waals surface area contributed by atoms with Crippen molar-refractivity contribution >= 4 is 11.8 Å². The van der Waals surface area contributed by atoms with Gasteiger partial charge >= 0.3 is 0 Å². The molecule has 0 unspecified atom stereocenters. The van der Waals surface area contributed by atoms with E-state index in [-0.39, 0.29) is 0 Å². The largest absolute Gasteiger partial charge is 0.303 e. The molecule has 1 nitrogen and oxygen atoms in total. The van der Waals surface area contributed by atoms with E-state index in [2.05, 4.69) is 36.9 Å². The van der Waals surface area contributed by atoms with Crippen molar-refractivity contribution in [1.82, 2.24) is 4.90 Å². The lowest BCUT2D eigenvalue weighted by atomic mass is 10.1. The lowest BCUT2D eigenvalue weighted by Gasteiger charge is -2.32. The monoisotopic (exact) mass is 361 g/mol. The summed E-state index contributed by atoms with van der Waals surface area (Å²) in [5.74, 6) is -0.939. The summed E-state index contributed by atoms with van der Waals surface area (Å²) in [7, 11) is 0. The zero-order chi connectivity index (χ0) is 17.8. The maximum atomic E-state index is 13.7. The minimum absolute atomic E-state index is 0.430. The van der Waals surface area contributed by atoms with Crippen LogP contribution >= 0.6 is 11.8 Å². The van der Waals surface area contributed by atoms with Gasteiger partial charge < -0.3 is 4.90 Å². The second-order valence-electron chi connectivity index (χ2n) is 6.91. The van der Waals surface area contributed by atoms with E-state index < -0.39 is 11.6 Å². The second-order valence-corrected chi connectivity index (χ2v) is 8.26. The molecule has 1 aliphatic rings. The highest BCUT2D eigenvalue weighted by Crippen LogP contribution is 2.32. The Morgan fingerprint density at radius 1 is 1.04 bits per heavy atom. The number of hydrogen-bond donors (Lipinski definition) is 0. The van der Waals surface area contributed by atoms with Crippen LogP contribution in [0.3, 0.4) is 0 Å². The number of nitrogens with zero attached hydrogens (tertiary/aromatic N) is 1. The molecular weight excluding hydrogens is 336 g/mol. The molecule has 0 atom stereocenters. The maximum absolute atomic E-state index is 13.7. The fraction of sp³-hybridized carbons (Fsp3) is 0.429. The number of halogens is 2. The van der Waals surface area contributed by atoms with Crippen LogP contribution in [0.15, 0.2) is 41.3 Å². The van der Waals surface area contributed by atoms with Crippen molar-refractivity contribution in [2.75, 3.05) is 19.6 Å². The average molecular weight is 362 g/mol. The van der Waals surface area contributed by atoms with Crippen LogP contribution in [-0.4, -0.2) is 29.8 Å². The Morgan fingerprint density at radius 3 is 2.48 bits per heavy atom. The van der Waals surface area contributed by atoms with Gasteiger partial charge in [-0.3, -0.25) is 0 Å². The fourth-order valence-electron chi connectivity index (χ4n) is 3.36. The van der Waals surface area contributed by atoms with E-state index in [0.29, 0.717) is 17.2 Å². The number of hydrogen-bond acceptors (Lipinski definition) is 2. The topological polar surface area (TPSA) is 3.24 Å². The summed E-state index contributed by atoms with van der Waals surface area (Å²) in [4.78, 5) is 3.78. The van der Waals surface area contributed by atoms with Crippen LogP contribution in [-0.2, 0) is 6.42 Å². The molecule has 134 valence electrons. The zero-order valence-electron chi connectivity index (χ0n) is 14.9. The molecule has 2 aromatic carbocycles. The molecule has 1 aliphatic heterocycles. The van der Waals surface area contributed by atoms with E-state index in [9.17, 15) is 8.78 Å². The molecule has 4 heteroatoms. The maximum Gasteiger partial charge on any atom is 0.129 e. The fourth-order valence-corrected chi connectivity index (χ4v) is 4.56. The van der Waals surface area contributed by atoms with Gasteiger partial charge in [-0.15, -0.1) is 11.8 Å². The molecular formula is C21H25F2NS. The molecule has 0 bridgehead atoms. The van der Waals surface area contributed by atoms with Crippen LogP contribution in [0.1, 0.15) is 29.5 Å². The summed E-state index contributed by atoms with van der Waals surface area (Å²) in [6.45, 7) is 7.24. The summed E-state index contributed by atoms with van der Waals surface area (Å²) < 4.78 is 26.7. The molecule has 1 heterocycles. The molecule has 1 saturated heterocycles. The molecule has 1 fully saturated rings. The molecule has 0 amide bonds. The van der Waals surface area contributed by atoms with Crippen LogP contribution in [0.5, 0.6) is 0 Å². The van der Waals surface area contributed by atoms with Gasteiger partial charge in [0.25, 0.3) is 0 Å². The summed E-state index contributed by atoms with van der Waals surface area (Å²) in [6.07, 6.45) is 2.95. The molecule has 25 heavy (non-hydrogen) atoms. The molecule has 0 radical (unpaired) electrons. The number of piperidine rings is 1. The van der Waals surface area contributed by atoms with Gasteiger partial charge in [0.1, 0.15) is 11.6 Å². The predicted molar refractivity (Wildman–Crippen MR) is 101 cm³/mol. The molecule has 0 aliphatic carbocycles. The van der Waals surface area contributed by atoms with E-state index >= 15 is 0 Å². The van der Waals surface area contributed by atoms with Crippen LogP contribution < -0.4 is 0 Å². The van der Waals surface area contributed by atoms with E-state index in [4.69, 9.17) is 0 Å². The lowest BCUT2D eigenvalue weighted by Crippen LogP contribution is -2.36. The molecule has 0 saturated carbocycles. The van der Waals surface area contributed by atoms with Crippen LogP contribution in [0.25, 0.3) is 0 Å². The van der Waals surface area contributed by atoms with Crippen molar-refractivity contribution < 1.29 is 8.78 Å². The predicted octanol–water partition coefficient (Wildman–Crippen LogP) is 5.38.